The smallest absolute Gasteiger partial charge is 0.270 e. The van der Waals surface area contributed by atoms with E-state index in [1.54, 1.807) is 24.0 Å². The van der Waals surface area contributed by atoms with Crippen molar-refractivity contribution < 1.29 is 14.3 Å². The minimum atomic E-state index is -0.253. The van der Waals surface area contributed by atoms with Gasteiger partial charge in [0, 0.05) is 38.1 Å². The van der Waals surface area contributed by atoms with Crippen LogP contribution in [0, 0.1) is 0 Å². The third-order valence-electron chi connectivity index (χ3n) is 4.96. The minimum absolute atomic E-state index is 0.0737. The summed E-state index contributed by atoms with van der Waals surface area (Å²) in [6, 6.07) is 9.61. The molecule has 6 nitrogen and oxygen atoms in total. The lowest BCUT2D eigenvalue weighted by Gasteiger charge is -2.44. The normalized spacial score (nSPS) is 21.8. The van der Waals surface area contributed by atoms with Crippen LogP contribution in [0.3, 0.4) is 0 Å². The molecule has 1 unspecified atom stereocenters. The van der Waals surface area contributed by atoms with Crippen molar-refractivity contribution in [1.82, 2.24) is 15.1 Å². The fraction of sp³-hybridized carbons (Fsp3) is 0.444. The van der Waals surface area contributed by atoms with Crippen molar-refractivity contribution in [1.29, 1.82) is 0 Å². The van der Waals surface area contributed by atoms with E-state index in [0.29, 0.717) is 18.9 Å². The first kappa shape index (κ1) is 15.2. The van der Waals surface area contributed by atoms with Gasteiger partial charge in [-0.05, 0) is 12.1 Å². The van der Waals surface area contributed by atoms with Crippen molar-refractivity contribution in [2.24, 2.45) is 7.05 Å². The van der Waals surface area contributed by atoms with Crippen LogP contribution in [0.2, 0.25) is 0 Å². The Morgan fingerprint density at radius 2 is 2.08 bits per heavy atom. The molecular weight excluding hydrogens is 306 g/mol. The quantitative estimate of drug-likeness (QED) is 0.918. The molecule has 0 saturated carbocycles. The molecule has 1 amide bonds. The van der Waals surface area contributed by atoms with E-state index in [9.17, 15) is 4.79 Å². The van der Waals surface area contributed by atoms with Crippen molar-refractivity contribution >= 4 is 5.91 Å². The molecule has 4 rings (SSSR count). The Hall–Kier alpha value is -2.34. The van der Waals surface area contributed by atoms with Gasteiger partial charge in [0.05, 0.1) is 19.3 Å². The third-order valence-corrected chi connectivity index (χ3v) is 4.96. The lowest BCUT2D eigenvalue weighted by atomic mass is 9.82. The Kier molecular flexibility index (Phi) is 3.76. The van der Waals surface area contributed by atoms with E-state index in [-0.39, 0.29) is 17.6 Å². The number of aryl methyl sites for hydroxylation is 1. The van der Waals surface area contributed by atoms with Crippen molar-refractivity contribution in [3.63, 3.8) is 0 Å². The largest absolute Gasteiger partial charge is 0.487 e. The SMILES string of the molecule is Cn1nccc1C(=O)NC1CC2(CCOCC2)Oc2ccccc21. The third kappa shape index (κ3) is 2.67. The second kappa shape index (κ2) is 5.94. The summed E-state index contributed by atoms with van der Waals surface area (Å²) in [5.74, 6) is 0.750. The Bertz CT molecular complexity index is 749. The number of carbonyl (C=O) groups excluding carboxylic acids is 1. The van der Waals surface area contributed by atoms with E-state index in [1.807, 2.05) is 24.3 Å². The average molecular weight is 327 g/mol. The molecular formula is C18H21N3O3. The van der Waals surface area contributed by atoms with Gasteiger partial charge in [0.25, 0.3) is 5.91 Å². The number of fused-ring (bicyclic) bond motifs is 1. The van der Waals surface area contributed by atoms with E-state index >= 15 is 0 Å². The molecule has 0 aliphatic carbocycles. The summed E-state index contributed by atoms with van der Waals surface area (Å²) in [5.41, 5.74) is 1.34. The molecule has 1 aromatic carbocycles. The highest BCUT2D eigenvalue weighted by molar-refractivity contribution is 5.92. The Labute approximate surface area is 140 Å². The maximum atomic E-state index is 12.6. The molecule has 24 heavy (non-hydrogen) atoms. The lowest BCUT2D eigenvalue weighted by molar-refractivity contribution is -0.0639. The fourth-order valence-electron chi connectivity index (χ4n) is 3.63. The number of nitrogens with zero attached hydrogens (tertiary/aromatic N) is 2. The highest BCUT2D eigenvalue weighted by atomic mass is 16.5. The van der Waals surface area contributed by atoms with Gasteiger partial charge in [-0.2, -0.15) is 5.10 Å². The molecule has 2 aliphatic rings. The number of nitrogens with one attached hydrogen (secondary N) is 1. The summed E-state index contributed by atoms with van der Waals surface area (Å²) in [6.07, 6.45) is 4.09. The Balaban J connectivity index is 1.63. The zero-order chi connectivity index (χ0) is 16.6. The summed E-state index contributed by atoms with van der Waals surface area (Å²) < 4.78 is 13.4. The predicted molar refractivity (Wildman–Crippen MR) is 87.9 cm³/mol. The fourth-order valence-corrected chi connectivity index (χ4v) is 3.63. The molecule has 0 bridgehead atoms. The molecule has 3 heterocycles. The number of carbonyl (C=O) groups is 1. The van der Waals surface area contributed by atoms with Gasteiger partial charge in [0.15, 0.2) is 0 Å². The van der Waals surface area contributed by atoms with Gasteiger partial charge >= 0.3 is 0 Å². The molecule has 1 N–H and O–H groups in total. The van der Waals surface area contributed by atoms with Crippen molar-refractivity contribution in [2.45, 2.75) is 30.9 Å². The summed E-state index contributed by atoms with van der Waals surface area (Å²) in [5, 5.41) is 7.24. The number of rotatable bonds is 2. The first-order chi connectivity index (χ1) is 11.7. The van der Waals surface area contributed by atoms with Gasteiger partial charge in [-0.25, -0.2) is 0 Å². The Morgan fingerprint density at radius 1 is 1.29 bits per heavy atom. The molecule has 126 valence electrons. The molecule has 0 radical (unpaired) electrons. The second-order valence-corrected chi connectivity index (χ2v) is 6.51. The monoisotopic (exact) mass is 327 g/mol. The maximum Gasteiger partial charge on any atom is 0.270 e. The van der Waals surface area contributed by atoms with E-state index in [2.05, 4.69) is 10.4 Å². The van der Waals surface area contributed by atoms with Crippen molar-refractivity contribution in [2.75, 3.05) is 13.2 Å². The summed E-state index contributed by atoms with van der Waals surface area (Å²) >= 11 is 0. The van der Waals surface area contributed by atoms with Crippen LogP contribution in [0.25, 0.3) is 0 Å². The molecule has 2 aromatic rings. The van der Waals surface area contributed by atoms with Crippen LogP contribution in [0.15, 0.2) is 36.5 Å². The number of hydrogen-bond acceptors (Lipinski definition) is 4. The van der Waals surface area contributed by atoms with Gasteiger partial charge in [0.2, 0.25) is 0 Å². The van der Waals surface area contributed by atoms with Crippen LogP contribution >= 0.6 is 0 Å². The average Bonchev–Trinajstić information content (AvgIpc) is 3.01. The minimum Gasteiger partial charge on any atom is -0.487 e. The van der Waals surface area contributed by atoms with Crippen LogP contribution in [0.4, 0.5) is 0 Å². The summed E-state index contributed by atoms with van der Waals surface area (Å²) in [6.45, 7) is 1.40. The lowest BCUT2D eigenvalue weighted by Crippen LogP contribution is -2.48. The van der Waals surface area contributed by atoms with Gasteiger partial charge in [0.1, 0.15) is 17.0 Å². The van der Waals surface area contributed by atoms with Gasteiger partial charge in [-0.1, -0.05) is 18.2 Å². The molecule has 2 aliphatic heterocycles. The zero-order valence-corrected chi connectivity index (χ0v) is 13.7. The van der Waals surface area contributed by atoms with E-state index < -0.39 is 0 Å². The number of hydrogen-bond donors (Lipinski definition) is 1. The van der Waals surface area contributed by atoms with Crippen LogP contribution in [-0.4, -0.2) is 34.5 Å². The van der Waals surface area contributed by atoms with Crippen LogP contribution in [-0.2, 0) is 11.8 Å². The second-order valence-electron chi connectivity index (χ2n) is 6.51. The van der Waals surface area contributed by atoms with Gasteiger partial charge in [-0.15, -0.1) is 0 Å². The highest BCUT2D eigenvalue weighted by Crippen LogP contribution is 2.43. The predicted octanol–water partition coefficient (Wildman–Crippen LogP) is 2.22. The van der Waals surface area contributed by atoms with Crippen LogP contribution in [0.5, 0.6) is 5.75 Å². The highest BCUT2D eigenvalue weighted by Gasteiger charge is 2.42. The number of ether oxygens (including phenoxy) is 2. The number of para-hydroxylation sites is 1. The molecule has 1 saturated heterocycles. The van der Waals surface area contributed by atoms with Crippen molar-refractivity contribution in [3.8, 4) is 5.75 Å². The standard InChI is InChI=1S/C18H21N3O3/c1-21-15(6-9-19-21)17(22)20-14-12-18(7-10-23-11-8-18)24-16-5-3-2-4-13(14)16/h2-6,9,14H,7-8,10-12H2,1H3,(H,20,22). The van der Waals surface area contributed by atoms with E-state index in [0.717, 1.165) is 30.6 Å². The molecule has 1 aromatic heterocycles. The number of benzene rings is 1. The van der Waals surface area contributed by atoms with E-state index in [1.165, 1.54) is 0 Å². The van der Waals surface area contributed by atoms with Gasteiger partial charge < -0.3 is 14.8 Å². The van der Waals surface area contributed by atoms with Gasteiger partial charge in [-0.3, -0.25) is 9.48 Å². The van der Waals surface area contributed by atoms with Crippen LogP contribution < -0.4 is 10.1 Å². The molecule has 1 spiro atoms. The van der Waals surface area contributed by atoms with E-state index in [4.69, 9.17) is 9.47 Å². The first-order valence-corrected chi connectivity index (χ1v) is 8.31. The van der Waals surface area contributed by atoms with Crippen LogP contribution in [0.1, 0.15) is 41.4 Å². The first-order valence-electron chi connectivity index (χ1n) is 8.31. The number of aromatic nitrogens is 2. The molecule has 1 atom stereocenters. The Morgan fingerprint density at radius 3 is 2.83 bits per heavy atom. The molecule has 6 heteroatoms. The number of amides is 1. The maximum absolute atomic E-state index is 12.6. The molecule has 1 fully saturated rings. The summed E-state index contributed by atoms with van der Waals surface area (Å²) in [4.78, 5) is 12.6. The zero-order valence-electron chi connectivity index (χ0n) is 13.7. The van der Waals surface area contributed by atoms with Crippen molar-refractivity contribution in [3.05, 3.63) is 47.8 Å². The summed E-state index contributed by atoms with van der Waals surface area (Å²) in [7, 11) is 1.77. The topological polar surface area (TPSA) is 65.4 Å².